The quantitative estimate of drug-likeness (QED) is 0.133. The van der Waals surface area contributed by atoms with Gasteiger partial charge in [0.15, 0.2) is 0 Å². The fraction of sp³-hybridized carbons (Fsp3) is 0.378. The number of rotatable bonds is 9. The van der Waals surface area contributed by atoms with Crippen molar-refractivity contribution in [3.05, 3.63) is 90.4 Å². The van der Waals surface area contributed by atoms with Crippen molar-refractivity contribution in [2.75, 3.05) is 32.1 Å². The molecule has 0 spiro atoms. The van der Waals surface area contributed by atoms with Crippen LogP contribution in [0.4, 0.5) is 11.4 Å². The van der Waals surface area contributed by atoms with E-state index in [9.17, 15) is 0 Å². The van der Waals surface area contributed by atoms with Gasteiger partial charge in [-0.3, -0.25) is 9.89 Å². The number of anilines is 2. The normalized spacial score (nSPS) is 16.7. The number of fused-ring (bicyclic) bond motifs is 3. The van der Waals surface area contributed by atoms with Crippen molar-refractivity contribution in [3.63, 3.8) is 0 Å². The Morgan fingerprint density at radius 1 is 0.889 bits per heavy atom. The van der Waals surface area contributed by atoms with Gasteiger partial charge in [0, 0.05) is 23.8 Å². The minimum Gasteiger partial charge on any atom is -0.481 e. The zero-order valence-corrected chi connectivity index (χ0v) is 26.9. The van der Waals surface area contributed by atoms with Crippen LogP contribution in [0.2, 0.25) is 0 Å². The van der Waals surface area contributed by atoms with Crippen LogP contribution in [-0.2, 0) is 0 Å². The average molecular weight is 623 g/mol. The minimum absolute atomic E-state index is 0. The number of aromatic nitrogens is 3. The summed E-state index contributed by atoms with van der Waals surface area (Å²) < 4.78 is 7.58. The summed E-state index contributed by atoms with van der Waals surface area (Å²) in [6, 6.07) is 27.0. The first-order valence-corrected chi connectivity index (χ1v) is 16.3. The summed E-state index contributed by atoms with van der Waals surface area (Å²) in [5, 5.41) is 4.52. The maximum Gasteiger partial charge on any atom is 0.213 e. The molecule has 1 N–H and O–H groups in total. The molecule has 0 saturated carbocycles. The molecule has 4 heterocycles. The van der Waals surface area contributed by atoms with Gasteiger partial charge in [-0.15, -0.1) is 12.4 Å². The van der Waals surface area contributed by atoms with Crippen molar-refractivity contribution in [1.29, 1.82) is 0 Å². The number of methoxy groups -OCH3 is 1. The molecule has 45 heavy (non-hydrogen) atoms. The van der Waals surface area contributed by atoms with Gasteiger partial charge in [-0.25, -0.2) is 9.97 Å². The number of pyridine rings is 1. The van der Waals surface area contributed by atoms with E-state index >= 15 is 0 Å². The van der Waals surface area contributed by atoms with E-state index in [0.29, 0.717) is 11.4 Å². The van der Waals surface area contributed by atoms with Crippen LogP contribution in [0.25, 0.3) is 28.1 Å². The standard InChI is InChI=1S/C37H42N6O.ClH/c1-44-36-18-17-28(27-39-36)40-32-25-33-35(43(29-13-3-2-4-14-29)34-16-6-5-15-30(34)41-33)26-31(32)38-22-10-7-19-37-20-8-11-23-42(37)24-12-9-21-37;/h2-6,13-18,25-27,40H,7-12,19-24H2,1H3;1H. The lowest BCUT2D eigenvalue weighted by atomic mass is 9.76. The molecule has 2 saturated heterocycles. The molecule has 2 aromatic carbocycles. The zero-order valence-electron chi connectivity index (χ0n) is 26.1. The van der Waals surface area contributed by atoms with E-state index in [1.165, 1.54) is 64.5 Å². The molecular formula is C37H43ClN6O. The van der Waals surface area contributed by atoms with Crippen LogP contribution in [0.5, 0.6) is 5.88 Å². The minimum atomic E-state index is 0. The van der Waals surface area contributed by atoms with Gasteiger partial charge in [0.2, 0.25) is 5.88 Å². The second-order valence-corrected chi connectivity index (χ2v) is 12.3. The van der Waals surface area contributed by atoms with Gasteiger partial charge < -0.3 is 14.6 Å². The van der Waals surface area contributed by atoms with Crippen LogP contribution < -0.4 is 15.4 Å². The predicted octanol–water partition coefficient (Wildman–Crippen LogP) is 8.18. The lowest BCUT2D eigenvalue weighted by molar-refractivity contribution is 0.00364. The Kier molecular flexibility index (Phi) is 9.67. The Bertz CT molecular complexity index is 1740. The summed E-state index contributed by atoms with van der Waals surface area (Å²) in [6.45, 7) is 3.38. The lowest BCUT2D eigenvalue weighted by Crippen LogP contribution is -2.54. The Hall–Kier alpha value is -3.94. The molecule has 7 rings (SSSR count). The molecule has 3 aliphatic heterocycles. The first-order valence-electron chi connectivity index (χ1n) is 16.3. The van der Waals surface area contributed by atoms with Crippen molar-refractivity contribution < 1.29 is 4.74 Å². The van der Waals surface area contributed by atoms with Gasteiger partial charge in [-0.1, -0.05) is 43.2 Å². The van der Waals surface area contributed by atoms with E-state index in [1.807, 2.05) is 18.2 Å². The fourth-order valence-electron chi connectivity index (χ4n) is 7.37. The molecule has 1 aromatic heterocycles. The highest BCUT2D eigenvalue weighted by Crippen LogP contribution is 2.40. The second kappa shape index (κ2) is 14.0. The second-order valence-electron chi connectivity index (χ2n) is 12.3. The van der Waals surface area contributed by atoms with E-state index in [4.69, 9.17) is 14.7 Å². The number of nitrogens with one attached hydrogen (secondary N) is 1. The van der Waals surface area contributed by atoms with Gasteiger partial charge in [0.1, 0.15) is 0 Å². The molecular weight excluding hydrogens is 580 g/mol. The van der Waals surface area contributed by atoms with Crippen LogP contribution in [0, 0.1) is 0 Å². The third-order valence-corrected chi connectivity index (χ3v) is 9.58. The molecule has 0 unspecified atom stereocenters. The summed E-state index contributed by atoms with van der Waals surface area (Å²) >= 11 is 0. The number of para-hydroxylation sites is 3. The highest BCUT2D eigenvalue weighted by Gasteiger charge is 2.39. The largest absolute Gasteiger partial charge is 0.481 e. The molecule has 8 heteroatoms. The Labute approximate surface area is 272 Å². The summed E-state index contributed by atoms with van der Waals surface area (Å²) in [5.41, 5.74) is 7.32. The number of hydrogen-bond donors (Lipinski definition) is 1. The lowest BCUT2D eigenvalue weighted by Gasteiger charge is -2.51. The summed E-state index contributed by atoms with van der Waals surface area (Å²) in [4.78, 5) is 17.5. The maximum absolute atomic E-state index is 5.28. The van der Waals surface area contributed by atoms with Crippen molar-refractivity contribution >= 4 is 34.8 Å². The molecule has 3 aromatic rings. The number of piperidine rings is 2. The number of ether oxygens (including phenoxy) is 1. The Morgan fingerprint density at radius 3 is 2.42 bits per heavy atom. The molecule has 2 fully saturated rings. The number of benzene rings is 3. The van der Waals surface area contributed by atoms with Gasteiger partial charge >= 0.3 is 0 Å². The Balaban J connectivity index is 0.00000357. The van der Waals surface area contributed by atoms with E-state index < -0.39 is 0 Å². The van der Waals surface area contributed by atoms with Crippen LogP contribution in [0.3, 0.4) is 0 Å². The van der Waals surface area contributed by atoms with Crippen LogP contribution in [0.1, 0.15) is 57.8 Å². The number of hydrogen-bond acceptors (Lipinski definition) is 6. The van der Waals surface area contributed by atoms with Crippen molar-refractivity contribution in [3.8, 4) is 23.0 Å². The predicted molar refractivity (Wildman–Crippen MR) is 185 cm³/mol. The Morgan fingerprint density at radius 2 is 1.67 bits per heavy atom. The highest BCUT2D eigenvalue weighted by atomic mass is 35.5. The van der Waals surface area contributed by atoms with E-state index in [2.05, 4.69) is 80.4 Å². The summed E-state index contributed by atoms with van der Waals surface area (Å²) in [6.07, 6.45) is 13.7. The summed E-state index contributed by atoms with van der Waals surface area (Å²) in [5.74, 6) is 0.588. The van der Waals surface area contributed by atoms with Crippen LogP contribution in [-0.4, -0.2) is 51.7 Å². The van der Waals surface area contributed by atoms with Gasteiger partial charge in [0.25, 0.3) is 0 Å². The molecule has 0 atom stereocenters. The van der Waals surface area contributed by atoms with Gasteiger partial charge in [-0.05, 0) is 100 Å². The molecule has 4 aliphatic rings. The molecule has 0 amide bonds. The summed E-state index contributed by atoms with van der Waals surface area (Å²) in [7, 11) is 1.63. The first-order chi connectivity index (χ1) is 21.7. The molecule has 0 radical (unpaired) electrons. The van der Waals surface area contributed by atoms with Gasteiger partial charge in [-0.2, -0.15) is 0 Å². The van der Waals surface area contributed by atoms with Crippen molar-refractivity contribution in [2.45, 2.75) is 63.3 Å². The van der Waals surface area contributed by atoms with E-state index in [0.717, 1.165) is 57.8 Å². The highest BCUT2D eigenvalue weighted by molar-refractivity contribution is 5.85. The SMILES string of the molecule is COc1ccc(Nc2cc3nc4ccccc4n(-c4ccccc4)c-3cc2=NCCCCC23CCCCN2CCCC3)cn1.Cl. The molecule has 7 nitrogen and oxygen atoms in total. The number of nitrogens with zero attached hydrogens (tertiary/aromatic N) is 5. The first kappa shape index (κ1) is 31.1. The smallest absolute Gasteiger partial charge is 0.213 e. The van der Waals surface area contributed by atoms with Crippen molar-refractivity contribution in [2.24, 2.45) is 4.99 Å². The maximum atomic E-state index is 5.28. The topological polar surface area (TPSA) is 67.6 Å². The number of halogens is 1. The number of unbranched alkanes of at least 4 members (excludes halogenated alkanes) is 1. The fourth-order valence-corrected chi connectivity index (χ4v) is 7.37. The van der Waals surface area contributed by atoms with Crippen LogP contribution >= 0.6 is 12.4 Å². The third kappa shape index (κ3) is 6.56. The molecule has 1 aliphatic carbocycles. The zero-order chi connectivity index (χ0) is 29.8. The van der Waals surface area contributed by atoms with Gasteiger partial charge in [0.05, 0.1) is 52.5 Å². The van der Waals surface area contributed by atoms with E-state index in [-0.39, 0.29) is 12.4 Å². The monoisotopic (exact) mass is 622 g/mol. The molecule has 0 bridgehead atoms. The van der Waals surface area contributed by atoms with Crippen LogP contribution in [0.15, 0.2) is 90.1 Å². The van der Waals surface area contributed by atoms with E-state index in [1.54, 1.807) is 13.3 Å². The molecule has 234 valence electrons. The average Bonchev–Trinajstić information content (AvgIpc) is 3.08. The third-order valence-electron chi connectivity index (χ3n) is 9.58. The van der Waals surface area contributed by atoms with Crippen molar-refractivity contribution in [1.82, 2.24) is 19.4 Å².